The molecule has 84 valence electrons. The van der Waals surface area contributed by atoms with Gasteiger partial charge in [-0.1, -0.05) is 18.1 Å². The topological polar surface area (TPSA) is 51.0 Å². The summed E-state index contributed by atoms with van der Waals surface area (Å²) in [5, 5.41) is 9.39. The molecule has 1 N–H and O–H groups in total. The third-order valence-electron chi connectivity index (χ3n) is 3.02. The first-order valence-electron chi connectivity index (χ1n) is 5.43. The van der Waals surface area contributed by atoms with Crippen molar-refractivity contribution in [2.45, 2.75) is 12.8 Å². The maximum absolute atomic E-state index is 5.35. The lowest BCUT2D eigenvalue weighted by molar-refractivity contribution is 0.340. The smallest absolute Gasteiger partial charge is 0.231 e. The average molecular weight is 235 g/mol. The van der Waals surface area contributed by atoms with E-state index in [1.165, 1.54) is 0 Å². The molecule has 1 aliphatic heterocycles. The highest BCUT2D eigenvalue weighted by molar-refractivity contribution is 7.13. The van der Waals surface area contributed by atoms with E-state index in [1.807, 2.05) is 17.5 Å². The van der Waals surface area contributed by atoms with Gasteiger partial charge in [-0.2, -0.15) is 4.98 Å². The highest BCUT2D eigenvalue weighted by Crippen LogP contribution is 2.29. The summed E-state index contributed by atoms with van der Waals surface area (Å²) in [5.74, 6) is 2.41. The SMILES string of the molecule is C[C@@H]1CNC[C@H]1c1nc(-c2cccs2)no1. The van der Waals surface area contributed by atoms with E-state index in [2.05, 4.69) is 22.4 Å². The normalized spacial score (nSPS) is 25.1. The summed E-state index contributed by atoms with van der Waals surface area (Å²) >= 11 is 1.63. The first-order chi connectivity index (χ1) is 7.84. The van der Waals surface area contributed by atoms with Crippen LogP contribution in [0.25, 0.3) is 10.7 Å². The second-order valence-electron chi connectivity index (χ2n) is 4.18. The van der Waals surface area contributed by atoms with E-state index in [-0.39, 0.29) is 0 Å². The van der Waals surface area contributed by atoms with Crippen molar-refractivity contribution >= 4 is 11.3 Å². The molecule has 2 atom stereocenters. The Morgan fingerprint density at radius 2 is 2.44 bits per heavy atom. The summed E-state index contributed by atoms with van der Waals surface area (Å²) in [4.78, 5) is 5.54. The maximum atomic E-state index is 5.35. The van der Waals surface area contributed by atoms with Gasteiger partial charge < -0.3 is 9.84 Å². The second-order valence-corrected chi connectivity index (χ2v) is 5.12. The minimum absolute atomic E-state index is 0.362. The van der Waals surface area contributed by atoms with Crippen molar-refractivity contribution in [3.05, 3.63) is 23.4 Å². The molecular weight excluding hydrogens is 222 g/mol. The van der Waals surface area contributed by atoms with E-state index < -0.39 is 0 Å². The van der Waals surface area contributed by atoms with Crippen LogP contribution in [0.3, 0.4) is 0 Å². The van der Waals surface area contributed by atoms with Gasteiger partial charge in [0.25, 0.3) is 0 Å². The zero-order chi connectivity index (χ0) is 11.0. The van der Waals surface area contributed by atoms with Crippen molar-refractivity contribution in [2.24, 2.45) is 5.92 Å². The van der Waals surface area contributed by atoms with E-state index in [1.54, 1.807) is 11.3 Å². The Bertz CT molecular complexity index is 465. The first kappa shape index (κ1) is 9.99. The first-order valence-corrected chi connectivity index (χ1v) is 6.31. The van der Waals surface area contributed by atoms with Crippen LogP contribution < -0.4 is 5.32 Å². The van der Waals surface area contributed by atoms with Gasteiger partial charge in [0.2, 0.25) is 11.7 Å². The van der Waals surface area contributed by atoms with Crippen LogP contribution >= 0.6 is 11.3 Å². The Hall–Kier alpha value is -1.20. The molecule has 1 aliphatic rings. The number of rotatable bonds is 2. The fraction of sp³-hybridized carbons (Fsp3) is 0.455. The van der Waals surface area contributed by atoms with Gasteiger partial charge in [-0.25, -0.2) is 0 Å². The number of hydrogen-bond acceptors (Lipinski definition) is 5. The number of nitrogens with zero attached hydrogens (tertiary/aromatic N) is 2. The van der Waals surface area contributed by atoms with Crippen LogP contribution in [0.5, 0.6) is 0 Å². The van der Waals surface area contributed by atoms with Crippen LogP contribution in [0.2, 0.25) is 0 Å². The standard InChI is InChI=1S/C11H13N3OS/c1-7-5-12-6-8(7)11-13-10(14-15-11)9-3-2-4-16-9/h2-4,7-8,12H,5-6H2,1H3/t7-,8-/m1/s1. The molecule has 0 radical (unpaired) electrons. The molecule has 3 heterocycles. The van der Waals surface area contributed by atoms with Gasteiger partial charge in [-0.05, 0) is 23.9 Å². The minimum Gasteiger partial charge on any atom is -0.339 e. The minimum atomic E-state index is 0.362. The zero-order valence-corrected chi connectivity index (χ0v) is 9.83. The van der Waals surface area contributed by atoms with Gasteiger partial charge in [0.15, 0.2) is 0 Å². The van der Waals surface area contributed by atoms with Crippen molar-refractivity contribution in [1.82, 2.24) is 15.5 Å². The van der Waals surface area contributed by atoms with Crippen LogP contribution in [0.15, 0.2) is 22.0 Å². The van der Waals surface area contributed by atoms with E-state index in [9.17, 15) is 0 Å². The molecule has 0 saturated carbocycles. The lowest BCUT2D eigenvalue weighted by Crippen LogP contribution is -2.08. The molecule has 0 amide bonds. The van der Waals surface area contributed by atoms with E-state index in [4.69, 9.17) is 4.52 Å². The largest absolute Gasteiger partial charge is 0.339 e. The molecule has 0 unspecified atom stereocenters. The fourth-order valence-electron chi connectivity index (χ4n) is 2.03. The fourth-order valence-corrected chi connectivity index (χ4v) is 2.68. The summed E-state index contributed by atoms with van der Waals surface area (Å²) < 4.78 is 5.35. The third kappa shape index (κ3) is 1.66. The zero-order valence-electron chi connectivity index (χ0n) is 9.01. The molecular formula is C11H13N3OS. The predicted octanol–water partition coefficient (Wildman–Crippen LogP) is 2.12. The van der Waals surface area contributed by atoms with E-state index in [0.29, 0.717) is 17.7 Å². The molecule has 16 heavy (non-hydrogen) atoms. The summed E-state index contributed by atoms with van der Waals surface area (Å²) in [6.07, 6.45) is 0. The van der Waals surface area contributed by atoms with Crippen molar-refractivity contribution < 1.29 is 4.52 Å². The Labute approximate surface area is 97.7 Å². The summed E-state index contributed by atoms with van der Waals surface area (Å²) in [5.41, 5.74) is 0. The van der Waals surface area contributed by atoms with Gasteiger partial charge in [-0.3, -0.25) is 0 Å². The lowest BCUT2D eigenvalue weighted by Gasteiger charge is -2.07. The number of nitrogens with one attached hydrogen (secondary N) is 1. The predicted molar refractivity (Wildman–Crippen MR) is 62.4 cm³/mol. The number of thiophene rings is 1. The monoisotopic (exact) mass is 235 g/mol. The van der Waals surface area contributed by atoms with Crippen LogP contribution in [0.1, 0.15) is 18.7 Å². The van der Waals surface area contributed by atoms with Gasteiger partial charge in [0, 0.05) is 6.54 Å². The van der Waals surface area contributed by atoms with Crippen molar-refractivity contribution in [3.8, 4) is 10.7 Å². The maximum Gasteiger partial charge on any atom is 0.231 e. The molecule has 3 rings (SSSR count). The quantitative estimate of drug-likeness (QED) is 0.866. The van der Waals surface area contributed by atoms with Crippen molar-refractivity contribution in [2.75, 3.05) is 13.1 Å². The van der Waals surface area contributed by atoms with Crippen molar-refractivity contribution in [3.63, 3.8) is 0 Å². The molecule has 5 heteroatoms. The van der Waals surface area contributed by atoms with E-state index in [0.717, 1.165) is 23.9 Å². The van der Waals surface area contributed by atoms with Crippen LogP contribution in [0, 0.1) is 5.92 Å². The summed E-state index contributed by atoms with van der Waals surface area (Å²) in [6.45, 7) is 4.17. The second kappa shape index (κ2) is 3.99. The van der Waals surface area contributed by atoms with Crippen LogP contribution in [-0.2, 0) is 0 Å². The molecule has 0 spiro atoms. The van der Waals surface area contributed by atoms with Crippen LogP contribution in [-0.4, -0.2) is 23.2 Å². The molecule has 2 aromatic rings. The molecule has 1 fully saturated rings. The summed E-state index contributed by atoms with van der Waals surface area (Å²) in [7, 11) is 0. The Kier molecular flexibility index (Phi) is 2.49. The Morgan fingerprint density at radius 3 is 3.12 bits per heavy atom. The Morgan fingerprint density at radius 1 is 1.50 bits per heavy atom. The third-order valence-corrected chi connectivity index (χ3v) is 3.88. The van der Waals surface area contributed by atoms with E-state index >= 15 is 0 Å². The van der Waals surface area contributed by atoms with Gasteiger partial charge in [0.05, 0.1) is 10.8 Å². The molecule has 4 nitrogen and oxygen atoms in total. The van der Waals surface area contributed by atoms with Gasteiger partial charge >= 0.3 is 0 Å². The van der Waals surface area contributed by atoms with Crippen molar-refractivity contribution in [1.29, 1.82) is 0 Å². The van der Waals surface area contributed by atoms with Crippen LogP contribution in [0.4, 0.5) is 0 Å². The highest BCUT2D eigenvalue weighted by Gasteiger charge is 2.29. The molecule has 0 bridgehead atoms. The highest BCUT2D eigenvalue weighted by atomic mass is 32.1. The molecule has 0 aromatic carbocycles. The van der Waals surface area contributed by atoms with Gasteiger partial charge in [-0.15, -0.1) is 11.3 Å². The molecule has 1 saturated heterocycles. The summed E-state index contributed by atoms with van der Waals surface area (Å²) in [6, 6.07) is 4.01. The molecule has 2 aromatic heterocycles. The van der Waals surface area contributed by atoms with Gasteiger partial charge in [0.1, 0.15) is 0 Å². The average Bonchev–Trinajstić information content (AvgIpc) is 2.96. The lowest BCUT2D eigenvalue weighted by atomic mass is 9.98. The molecule has 0 aliphatic carbocycles. The number of aromatic nitrogens is 2. The Balaban J connectivity index is 1.88. The number of hydrogen-bond donors (Lipinski definition) is 1.